The van der Waals surface area contributed by atoms with E-state index in [2.05, 4.69) is 20.9 Å². The predicted molar refractivity (Wildman–Crippen MR) is 77.6 cm³/mol. The van der Waals surface area contributed by atoms with Gasteiger partial charge in [-0.1, -0.05) is 24.3 Å². The summed E-state index contributed by atoms with van der Waals surface area (Å²) in [5, 5.41) is 12.0. The number of hydrogen-bond donors (Lipinski definition) is 1. The molecule has 0 saturated heterocycles. The van der Waals surface area contributed by atoms with Crippen molar-refractivity contribution in [2.24, 2.45) is 0 Å². The fraction of sp³-hybridized carbons (Fsp3) is 0. The highest BCUT2D eigenvalue weighted by atomic mass is 79.9. The van der Waals surface area contributed by atoms with Crippen molar-refractivity contribution in [3.8, 4) is 17.4 Å². The molecule has 3 aromatic rings. The van der Waals surface area contributed by atoms with Gasteiger partial charge in [0.2, 0.25) is 5.88 Å². The van der Waals surface area contributed by atoms with Crippen LogP contribution in [0.2, 0.25) is 0 Å². The SMILES string of the molecule is Oc1cc2ccccc2cc1Oc1ncccc1Br. The van der Waals surface area contributed by atoms with Crippen LogP contribution in [0.3, 0.4) is 0 Å². The summed E-state index contributed by atoms with van der Waals surface area (Å²) >= 11 is 3.36. The fourth-order valence-corrected chi connectivity index (χ4v) is 2.18. The topological polar surface area (TPSA) is 42.4 Å². The second kappa shape index (κ2) is 4.90. The van der Waals surface area contributed by atoms with Gasteiger partial charge in [-0.15, -0.1) is 0 Å². The van der Waals surface area contributed by atoms with E-state index in [9.17, 15) is 5.11 Å². The van der Waals surface area contributed by atoms with E-state index >= 15 is 0 Å². The van der Waals surface area contributed by atoms with E-state index in [4.69, 9.17) is 4.74 Å². The van der Waals surface area contributed by atoms with Crippen LogP contribution in [0.1, 0.15) is 0 Å². The molecule has 0 radical (unpaired) electrons. The van der Waals surface area contributed by atoms with Gasteiger partial charge < -0.3 is 9.84 Å². The number of pyridine rings is 1. The quantitative estimate of drug-likeness (QED) is 0.757. The van der Waals surface area contributed by atoms with Crippen LogP contribution in [-0.2, 0) is 0 Å². The molecule has 94 valence electrons. The molecule has 19 heavy (non-hydrogen) atoms. The average Bonchev–Trinajstić information content (AvgIpc) is 2.42. The van der Waals surface area contributed by atoms with Crippen LogP contribution in [0.5, 0.6) is 17.4 Å². The molecule has 4 heteroatoms. The lowest BCUT2D eigenvalue weighted by Crippen LogP contribution is -1.89. The van der Waals surface area contributed by atoms with E-state index in [0.29, 0.717) is 11.6 Å². The lowest BCUT2D eigenvalue weighted by Gasteiger charge is -2.09. The first kappa shape index (κ1) is 12.0. The summed E-state index contributed by atoms with van der Waals surface area (Å²) in [6.45, 7) is 0. The molecule has 0 fully saturated rings. The van der Waals surface area contributed by atoms with Crippen LogP contribution >= 0.6 is 15.9 Å². The molecule has 0 atom stereocenters. The third kappa shape index (κ3) is 2.39. The highest BCUT2D eigenvalue weighted by molar-refractivity contribution is 9.10. The van der Waals surface area contributed by atoms with Crippen LogP contribution in [0.25, 0.3) is 10.8 Å². The molecule has 1 aromatic heterocycles. The molecule has 0 saturated carbocycles. The molecule has 0 amide bonds. The molecular weight excluding hydrogens is 306 g/mol. The van der Waals surface area contributed by atoms with Crippen molar-refractivity contribution < 1.29 is 9.84 Å². The Morgan fingerprint density at radius 2 is 1.74 bits per heavy atom. The van der Waals surface area contributed by atoms with E-state index in [1.807, 2.05) is 30.3 Å². The van der Waals surface area contributed by atoms with Crippen molar-refractivity contribution in [1.82, 2.24) is 4.98 Å². The summed E-state index contributed by atoms with van der Waals surface area (Å²) in [4.78, 5) is 4.11. The van der Waals surface area contributed by atoms with Gasteiger partial charge >= 0.3 is 0 Å². The first-order chi connectivity index (χ1) is 9.24. The molecule has 0 unspecified atom stereocenters. The zero-order chi connectivity index (χ0) is 13.2. The third-order valence-corrected chi connectivity index (χ3v) is 3.36. The van der Waals surface area contributed by atoms with Crippen molar-refractivity contribution in [3.05, 3.63) is 59.2 Å². The first-order valence-corrected chi connectivity index (χ1v) is 6.53. The van der Waals surface area contributed by atoms with E-state index in [1.165, 1.54) is 0 Å². The van der Waals surface area contributed by atoms with Crippen molar-refractivity contribution in [2.75, 3.05) is 0 Å². The number of aromatic nitrogens is 1. The maximum atomic E-state index is 9.99. The number of phenols is 1. The van der Waals surface area contributed by atoms with Crippen molar-refractivity contribution >= 4 is 26.7 Å². The van der Waals surface area contributed by atoms with Gasteiger partial charge in [-0.3, -0.25) is 0 Å². The minimum atomic E-state index is 0.0938. The molecule has 0 bridgehead atoms. The summed E-state index contributed by atoms with van der Waals surface area (Å²) in [5.41, 5.74) is 0. The molecule has 0 aliphatic rings. The number of fused-ring (bicyclic) bond motifs is 1. The molecule has 0 aliphatic heterocycles. The Morgan fingerprint density at radius 1 is 1.00 bits per heavy atom. The maximum absolute atomic E-state index is 9.99. The molecule has 1 heterocycles. The first-order valence-electron chi connectivity index (χ1n) is 5.74. The fourth-order valence-electron chi connectivity index (χ4n) is 1.84. The van der Waals surface area contributed by atoms with Crippen LogP contribution in [0.15, 0.2) is 59.2 Å². The summed E-state index contributed by atoms with van der Waals surface area (Å²) in [6, 6.07) is 14.9. The lowest BCUT2D eigenvalue weighted by molar-refractivity contribution is 0.402. The Labute approximate surface area is 118 Å². The molecular formula is C15H10BrNO2. The van der Waals surface area contributed by atoms with Crippen molar-refractivity contribution in [3.63, 3.8) is 0 Å². The number of aromatic hydroxyl groups is 1. The Hall–Kier alpha value is -2.07. The second-order valence-corrected chi connectivity index (χ2v) is 4.91. The van der Waals surface area contributed by atoms with Gasteiger partial charge in [0.25, 0.3) is 0 Å². The number of nitrogens with zero attached hydrogens (tertiary/aromatic N) is 1. The number of phenolic OH excluding ortho intramolecular Hbond substituents is 1. The Morgan fingerprint density at radius 3 is 2.47 bits per heavy atom. The highest BCUT2D eigenvalue weighted by Gasteiger charge is 2.09. The summed E-state index contributed by atoms with van der Waals surface area (Å²) in [6.07, 6.45) is 1.64. The van der Waals surface area contributed by atoms with Crippen LogP contribution in [0.4, 0.5) is 0 Å². The minimum Gasteiger partial charge on any atom is -0.504 e. The predicted octanol–water partition coefficient (Wildman–Crippen LogP) is 4.50. The second-order valence-electron chi connectivity index (χ2n) is 4.06. The van der Waals surface area contributed by atoms with Gasteiger partial charge in [-0.05, 0) is 51.0 Å². The maximum Gasteiger partial charge on any atom is 0.233 e. The van der Waals surface area contributed by atoms with Gasteiger partial charge in [0, 0.05) is 6.20 Å². The number of ether oxygens (including phenoxy) is 1. The Bertz CT molecular complexity index is 743. The summed E-state index contributed by atoms with van der Waals surface area (Å²) in [7, 11) is 0. The highest BCUT2D eigenvalue weighted by Crippen LogP contribution is 2.36. The van der Waals surface area contributed by atoms with Crippen LogP contribution in [0, 0.1) is 0 Å². The molecule has 1 N–H and O–H groups in total. The number of hydrogen-bond acceptors (Lipinski definition) is 3. The van der Waals surface area contributed by atoms with E-state index in [-0.39, 0.29) is 5.75 Å². The molecule has 3 rings (SSSR count). The smallest absolute Gasteiger partial charge is 0.233 e. The Kier molecular flexibility index (Phi) is 3.09. The lowest BCUT2D eigenvalue weighted by atomic mass is 10.1. The average molecular weight is 316 g/mol. The van der Waals surface area contributed by atoms with Gasteiger partial charge in [0.1, 0.15) is 0 Å². The molecule has 0 aliphatic carbocycles. The normalized spacial score (nSPS) is 10.6. The Balaban J connectivity index is 2.06. The van der Waals surface area contributed by atoms with E-state index < -0.39 is 0 Å². The van der Waals surface area contributed by atoms with Gasteiger partial charge in [-0.2, -0.15) is 0 Å². The standard InChI is InChI=1S/C15H10BrNO2/c16-12-6-3-7-17-15(12)19-14-9-11-5-2-1-4-10(11)8-13(14)18/h1-9,18H. The van der Waals surface area contributed by atoms with Crippen LogP contribution in [-0.4, -0.2) is 10.1 Å². The monoisotopic (exact) mass is 315 g/mol. The zero-order valence-corrected chi connectivity index (χ0v) is 11.5. The van der Waals surface area contributed by atoms with E-state index in [0.717, 1.165) is 15.2 Å². The molecule has 3 nitrogen and oxygen atoms in total. The largest absolute Gasteiger partial charge is 0.504 e. The van der Waals surface area contributed by atoms with Crippen molar-refractivity contribution in [1.29, 1.82) is 0 Å². The summed E-state index contributed by atoms with van der Waals surface area (Å²) in [5.74, 6) is 0.905. The van der Waals surface area contributed by atoms with Gasteiger partial charge in [-0.25, -0.2) is 4.98 Å². The number of halogens is 1. The minimum absolute atomic E-state index is 0.0938. The van der Waals surface area contributed by atoms with Crippen LogP contribution < -0.4 is 4.74 Å². The summed E-state index contributed by atoms with van der Waals surface area (Å²) < 4.78 is 6.38. The number of benzene rings is 2. The molecule has 0 spiro atoms. The molecule has 2 aromatic carbocycles. The third-order valence-electron chi connectivity index (χ3n) is 2.76. The zero-order valence-electron chi connectivity index (χ0n) is 9.88. The number of rotatable bonds is 2. The van der Waals surface area contributed by atoms with E-state index in [1.54, 1.807) is 24.4 Å². The van der Waals surface area contributed by atoms with Crippen molar-refractivity contribution in [2.45, 2.75) is 0 Å². The van der Waals surface area contributed by atoms with Gasteiger partial charge in [0.15, 0.2) is 11.5 Å². The van der Waals surface area contributed by atoms with Gasteiger partial charge in [0.05, 0.1) is 4.47 Å².